The van der Waals surface area contributed by atoms with Crippen molar-refractivity contribution in [2.75, 3.05) is 6.61 Å². The fourth-order valence-corrected chi connectivity index (χ4v) is 13.6. The van der Waals surface area contributed by atoms with Gasteiger partial charge in [-0.25, -0.2) is 4.79 Å². The van der Waals surface area contributed by atoms with Gasteiger partial charge in [-0.1, -0.05) is 13.8 Å². The van der Waals surface area contributed by atoms with Crippen LogP contribution in [0.3, 0.4) is 0 Å². The number of esters is 1. The standard InChI is InChI=1S/C45H64O17/c1-24-40(56-23-49)33(53-20-46)16-38(57-24)61-42-26(3)59-39(18-35(42)55-22-48)62-41-25(2)58-37(17-34(41)54-21-47)60-29-8-11-43(4)28(15-29)6-7-32-31(43)9-12-44(5)30(10-13-45(32,44)51)27-14-36(50)52-19-27/h14,20-26,28-35,37-42,51H,6-13,15-19H2,1-5H3. The van der Waals surface area contributed by atoms with Crippen LogP contribution in [-0.2, 0) is 76.1 Å². The van der Waals surface area contributed by atoms with Crippen LogP contribution in [0.15, 0.2) is 11.6 Å². The number of fused-ring (bicyclic) bond motifs is 5. The number of rotatable bonds is 15. The molecule has 3 saturated heterocycles. The lowest BCUT2D eigenvalue weighted by Crippen LogP contribution is -2.62. The van der Waals surface area contributed by atoms with Gasteiger partial charge in [0, 0.05) is 30.8 Å². The van der Waals surface area contributed by atoms with Crippen molar-refractivity contribution in [1.82, 2.24) is 0 Å². The third-order valence-corrected chi connectivity index (χ3v) is 16.7. The monoisotopic (exact) mass is 876 g/mol. The molecule has 0 bridgehead atoms. The summed E-state index contributed by atoms with van der Waals surface area (Å²) in [5.41, 5.74) is 0.0687. The quantitative estimate of drug-likeness (QED) is 0.107. The number of cyclic esters (lactones) is 1. The maximum Gasteiger partial charge on any atom is 0.331 e. The van der Waals surface area contributed by atoms with Crippen molar-refractivity contribution in [1.29, 1.82) is 0 Å². The molecule has 0 aromatic carbocycles. The molecule has 20 atom stereocenters. The molecule has 8 rings (SSSR count). The van der Waals surface area contributed by atoms with E-state index in [-0.39, 0.29) is 66.9 Å². The van der Waals surface area contributed by atoms with Crippen LogP contribution in [0.2, 0.25) is 0 Å². The molecule has 17 heteroatoms. The fraction of sp³-hybridized carbons (Fsp3) is 0.844. The molecule has 0 aromatic heterocycles. The Hall–Kier alpha value is -3.19. The molecule has 0 radical (unpaired) electrons. The van der Waals surface area contributed by atoms with Gasteiger partial charge < -0.3 is 57.2 Å². The number of carbonyl (C=O) groups excluding carboxylic acids is 5. The first-order valence-corrected chi connectivity index (χ1v) is 22.6. The minimum Gasteiger partial charge on any atom is -0.461 e. The van der Waals surface area contributed by atoms with Crippen molar-refractivity contribution in [3.05, 3.63) is 11.6 Å². The molecule has 0 amide bonds. The lowest BCUT2D eigenvalue weighted by atomic mass is 9.43. The molecule has 4 aliphatic heterocycles. The highest BCUT2D eigenvalue weighted by molar-refractivity contribution is 5.85. The van der Waals surface area contributed by atoms with Crippen LogP contribution in [0.25, 0.3) is 0 Å². The number of ether oxygens (including phenoxy) is 11. The minimum atomic E-state index is -0.906. The zero-order valence-electron chi connectivity index (χ0n) is 36.4. The summed E-state index contributed by atoms with van der Waals surface area (Å²) in [7, 11) is 0. The fourth-order valence-electron chi connectivity index (χ4n) is 13.6. The van der Waals surface area contributed by atoms with Crippen molar-refractivity contribution in [3.8, 4) is 0 Å². The van der Waals surface area contributed by atoms with Gasteiger partial charge in [0.1, 0.15) is 37.1 Å². The van der Waals surface area contributed by atoms with E-state index in [1.807, 2.05) is 6.92 Å². The van der Waals surface area contributed by atoms with Crippen LogP contribution in [0, 0.1) is 34.5 Å². The molecule has 4 saturated carbocycles. The van der Waals surface area contributed by atoms with Gasteiger partial charge in [-0.3, -0.25) is 19.2 Å². The predicted molar refractivity (Wildman–Crippen MR) is 211 cm³/mol. The Morgan fingerprint density at radius 2 is 1.18 bits per heavy atom. The van der Waals surface area contributed by atoms with E-state index in [4.69, 9.17) is 52.1 Å². The second-order valence-electron chi connectivity index (χ2n) is 19.6. The highest BCUT2D eigenvalue weighted by atomic mass is 16.8. The van der Waals surface area contributed by atoms with Crippen LogP contribution in [0.5, 0.6) is 0 Å². The molecule has 1 N–H and O–H groups in total. The first-order valence-electron chi connectivity index (χ1n) is 22.6. The molecule has 62 heavy (non-hydrogen) atoms. The van der Waals surface area contributed by atoms with E-state index in [0.717, 1.165) is 63.4 Å². The predicted octanol–water partition coefficient (Wildman–Crippen LogP) is 3.97. The van der Waals surface area contributed by atoms with E-state index in [1.165, 1.54) is 0 Å². The normalized spacial score (nSPS) is 48.8. The second kappa shape index (κ2) is 18.4. The minimum absolute atomic E-state index is 0.0450. The third kappa shape index (κ3) is 8.32. The molecule has 4 heterocycles. The van der Waals surface area contributed by atoms with Gasteiger partial charge >= 0.3 is 5.97 Å². The Morgan fingerprint density at radius 3 is 1.73 bits per heavy atom. The summed E-state index contributed by atoms with van der Waals surface area (Å²) in [5.74, 6) is 0.946. The molecule has 0 spiro atoms. The zero-order valence-corrected chi connectivity index (χ0v) is 36.4. The van der Waals surface area contributed by atoms with Crippen molar-refractivity contribution >= 4 is 31.9 Å². The van der Waals surface area contributed by atoms with Gasteiger partial charge in [-0.15, -0.1) is 0 Å². The molecular formula is C45H64O17. The van der Waals surface area contributed by atoms with Crippen molar-refractivity contribution in [2.24, 2.45) is 34.5 Å². The molecule has 8 aliphatic rings. The highest BCUT2D eigenvalue weighted by Crippen LogP contribution is 2.70. The Bertz CT molecular complexity index is 1680. The Morgan fingerprint density at radius 1 is 0.629 bits per heavy atom. The summed E-state index contributed by atoms with van der Waals surface area (Å²) in [6.07, 6.45) is 1.25. The zero-order chi connectivity index (χ0) is 44.0. The Kier molecular flexibility index (Phi) is 13.4. The maximum atomic E-state index is 12.6. The van der Waals surface area contributed by atoms with Crippen LogP contribution in [0.4, 0.5) is 0 Å². The van der Waals surface area contributed by atoms with Crippen LogP contribution in [0.1, 0.15) is 112 Å². The molecule has 4 aliphatic carbocycles. The van der Waals surface area contributed by atoms with E-state index in [2.05, 4.69) is 13.8 Å². The van der Waals surface area contributed by atoms with Gasteiger partial charge in [-0.2, -0.15) is 0 Å². The number of hydrogen-bond donors (Lipinski definition) is 1. The van der Waals surface area contributed by atoms with E-state index in [9.17, 15) is 29.1 Å². The molecule has 0 aromatic rings. The van der Waals surface area contributed by atoms with Gasteiger partial charge in [0.2, 0.25) is 0 Å². The summed E-state index contributed by atoms with van der Waals surface area (Å²) in [4.78, 5) is 57.7. The maximum absolute atomic E-state index is 12.6. The number of aliphatic hydroxyl groups is 1. The summed E-state index contributed by atoms with van der Waals surface area (Å²) >= 11 is 0. The van der Waals surface area contributed by atoms with Crippen molar-refractivity contribution in [3.63, 3.8) is 0 Å². The Balaban J connectivity index is 0.860. The van der Waals surface area contributed by atoms with E-state index >= 15 is 0 Å². The first-order chi connectivity index (χ1) is 29.7. The number of hydrogen-bond acceptors (Lipinski definition) is 17. The molecule has 20 unspecified atom stereocenters. The Labute approximate surface area is 362 Å². The van der Waals surface area contributed by atoms with Crippen LogP contribution in [-0.4, -0.2) is 129 Å². The topological polar surface area (TPSA) is 207 Å². The summed E-state index contributed by atoms with van der Waals surface area (Å²) in [6, 6.07) is 0. The molecule has 346 valence electrons. The summed E-state index contributed by atoms with van der Waals surface area (Å²) < 4.78 is 64.6. The summed E-state index contributed by atoms with van der Waals surface area (Å²) in [5, 5.41) is 12.6. The average Bonchev–Trinajstić information content (AvgIpc) is 3.78. The molecule has 17 nitrogen and oxygen atoms in total. The first kappa shape index (κ1) is 45.4. The number of carbonyl (C=O) groups is 5. The summed E-state index contributed by atoms with van der Waals surface area (Å²) in [6.45, 7) is 11.5. The van der Waals surface area contributed by atoms with E-state index < -0.39 is 79.4 Å². The van der Waals surface area contributed by atoms with Gasteiger partial charge in [0.15, 0.2) is 25.0 Å². The smallest absolute Gasteiger partial charge is 0.331 e. The van der Waals surface area contributed by atoms with Gasteiger partial charge in [-0.05, 0) is 113 Å². The van der Waals surface area contributed by atoms with Crippen LogP contribution < -0.4 is 0 Å². The van der Waals surface area contributed by atoms with Gasteiger partial charge in [0.25, 0.3) is 25.9 Å². The highest BCUT2D eigenvalue weighted by Gasteiger charge is 2.68. The lowest BCUT2D eigenvalue weighted by Gasteiger charge is -2.64. The van der Waals surface area contributed by atoms with E-state index in [1.54, 1.807) is 19.9 Å². The van der Waals surface area contributed by atoms with Crippen molar-refractivity contribution in [2.45, 2.75) is 197 Å². The van der Waals surface area contributed by atoms with Crippen molar-refractivity contribution < 1.29 is 81.2 Å². The molecule has 7 fully saturated rings. The van der Waals surface area contributed by atoms with Crippen LogP contribution >= 0.6 is 0 Å². The third-order valence-electron chi connectivity index (χ3n) is 16.7. The SMILES string of the molecule is CC1OC(OC2C(C)OC(OC3C(C)OC(OC4CCC5(C)C(CCC6C5CCC5(C)C(C7=CC(=O)OC7)CCC65O)C4)CC3OC=O)CC2OC=O)CC(OC=O)C1OC=O. The average molecular weight is 877 g/mol. The molecular weight excluding hydrogens is 812 g/mol. The van der Waals surface area contributed by atoms with E-state index in [0.29, 0.717) is 31.4 Å². The van der Waals surface area contributed by atoms with Gasteiger partial charge in [0.05, 0.1) is 30.0 Å². The lowest BCUT2D eigenvalue weighted by molar-refractivity contribution is -0.336. The second-order valence-corrected chi connectivity index (χ2v) is 19.6. The largest absolute Gasteiger partial charge is 0.461 e.